The molecule has 0 bridgehead atoms. The van der Waals surface area contributed by atoms with Crippen LogP contribution >= 0.6 is 24.0 Å². The van der Waals surface area contributed by atoms with Crippen LogP contribution in [0.4, 0.5) is 0 Å². The molecule has 0 spiro atoms. The molecule has 0 atom stereocenters. The average molecular weight is 318 g/mol. The molecule has 0 unspecified atom stereocenters. The van der Waals surface area contributed by atoms with Crippen molar-refractivity contribution >= 4 is 35.1 Å². The fourth-order valence-electron chi connectivity index (χ4n) is 2.29. The van der Waals surface area contributed by atoms with E-state index in [0.717, 1.165) is 10.7 Å². The number of hydrogen-bond donors (Lipinski definition) is 1. The number of thioether (sulfide) groups is 1. The van der Waals surface area contributed by atoms with Crippen LogP contribution in [0.25, 0.3) is 11.2 Å². The molecule has 1 aromatic carbocycles. The molecule has 2 aromatic heterocycles. The molecule has 7 heteroatoms. The second-order valence-electron chi connectivity index (χ2n) is 4.66. The third kappa shape index (κ3) is 2.43. The fourth-order valence-corrected chi connectivity index (χ4v) is 3.08. The van der Waals surface area contributed by atoms with E-state index in [4.69, 9.17) is 12.2 Å². The molecular formula is C14H14N4OS2. The van der Waals surface area contributed by atoms with Crippen LogP contribution in [0.2, 0.25) is 0 Å². The molecule has 0 saturated carbocycles. The lowest BCUT2D eigenvalue weighted by molar-refractivity contribution is 0.724. The van der Waals surface area contributed by atoms with Gasteiger partial charge in [-0.2, -0.15) is 0 Å². The maximum atomic E-state index is 12.7. The standard InChI is InChI=1S/C14H14N4OS2/c1-17-10-11(16-14(17)21-2)15-13(20)18(12(10)19)8-9-6-4-3-5-7-9/h3-7H,8H2,1-2H3,(H,15,20). The van der Waals surface area contributed by atoms with Crippen molar-refractivity contribution in [2.24, 2.45) is 7.05 Å². The maximum Gasteiger partial charge on any atom is 0.280 e. The number of fused-ring (bicyclic) bond motifs is 1. The fraction of sp³-hybridized carbons (Fsp3) is 0.214. The van der Waals surface area contributed by atoms with Crippen LogP contribution in [0.5, 0.6) is 0 Å². The Balaban J connectivity index is 2.22. The van der Waals surface area contributed by atoms with E-state index in [0.29, 0.717) is 22.5 Å². The van der Waals surface area contributed by atoms with Gasteiger partial charge in [0.15, 0.2) is 21.1 Å². The van der Waals surface area contributed by atoms with Crippen molar-refractivity contribution in [3.63, 3.8) is 0 Å². The Hall–Kier alpha value is -1.86. The van der Waals surface area contributed by atoms with Crippen molar-refractivity contribution < 1.29 is 0 Å². The van der Waals surface area contributed by atoms with Crippen molar-refractivity contribution in [2.75, 3.05) is 6.26 Å². The first kappa shape index (κ1) is 14.1. The number of benzene rings is 1. The van der Waals surface area contributed by atoms with Crippen LogP contribution in [0, 0.1) is 4.77 Å². The molecule has 1 N–H and O–H groups in total. The molecule has 2 heterocycles. The van der Waals surface area contributed by atoms with Crippen LogP contribution in [-0.2, 0) is 13.6 Å². The Morgan fingerprint density at radius 3 is 2.71 bits per heavy atom. The molecule has 0 radical (unpaired) electrons. The van der Waals surface area contributed by atoms with Crippen molar-refractivity contribution in [3.8, 4) is 0 Å². The largest absolute Gasteiger partial charge is 0.316 e. The zero-order valence-electron chi connectivity index (χ0n) is 11.7. The highest BCUT2D eigenvalue weighted by molar-refractivity contribution is 7.98. The first-order valence-corrected chi connectivity index (χ1v) is 8.02. The number of hydrogen-bond acceptors (Lipinski definition) is 4. The predicted octanol–water partition coefficient (Wildman–Crippen LogP) is 2.56. The van der Waals surface area contributed by atoms with Crippen LogP contribution in [0.15, 0.2) is 40.3 Å². The van der Waals surface area contributed by atoms with Gasteiger partial charge in [-0.25, -0.2) is 4.98 Å². The number of nitrogens with one attached hydrogen (secondary N) is 1. The third-order valence-corrected chi connectivity index (χ3v) is 4.39. The smallest absolute Gasteiger partial charge is 0.280 e. The van der Waals surface area contributed by atoms with E-state index in [1.165, 1.54) is 11.8 Å². The highest BCUT2D eigenvalue weighted by atomic mass is 32.2. The number of imidazole rings is 1. The van der Waals surface area contributed by atoms with Gasteiger partial charge in [0.05, 0.1) is 6.54 Å². The summed E-state index contributed by atoms with van der Waals surface area (Å²) in [6.07, 6.45) is 1.93. The molecule has 3 aromatic rings. The lowest BCUT2D eigenvalue weighted by Gasteiger charge is -2.07. The van der Waals surface area contributed by atoms with Gasteiger partial charge in [-0.3, -0.25) is 9.36 Å². The van der Waals surface area contributed by atoms with E-state index in [9.17, 15) is 4.79 Å². The molecule has 0 aliphatic carbocycles. The summed E-state index contributed by atoms with van der Waals surface area (Å²) in [5.74, 6) is 0. The molecule has 0 aliphatic heterocycles. The number of nitrogens with zero attached hydrogens (tertiary/aromatic N) is 3. The Kier molecular flexibility index (Phi) is 3.69. The Bertz CT molecular complexity index is 908. The number of rotatable bonds is 3. The summed E-state index contributed by atoms with van der Waals surface area (Å²) in [4.78, 5) is 20.1. The zero-order valence-corrected chi connectivity index (χ0v) is 13.3. The van der Waals surface area contributed by atoms with Crippen LogP contribution in [0.1, 0.15) is 5.56 Å². The predicted molar refractivity (Wildman–Crippen MR) is 87.5 cm³/mol. The first-order chi connectivity index (χ1) is 10.1. The van der Waals surface area contributed by atoms with Gasteiger partial charge in [0.25, 0.3) is 5.56 Å². The minimum absolute atomic E-state index is 0.118. The average Bonchev–Trinajstić information content (AvgIpc) is 2.80. The Morgan fingerprint density at radius 1 is 1.33 bits per heavy atom. The van der Waals surface area contributed by atoms with E-state index in [1.807, 2.05) is 43.6 Å². The van der Waals surface area contributed by atoms with E-state index >= 15 is 0 Å². The van der Waals surface area contributed by atoms with Crippen LogP contribution in [0.3, 0.4) is 0 Å². The second-order valence-corrected chi connectivity index (χ2v) is 5.82. The Morgan fingerprint density at radius 2 is 2.05 bits per heavy atom. The summed E-state index contributed by atoms with van der Waals surface area (Å²) in [6, 6.07) is 9.79. The highest BCUT2D eigenvalue weighted by Crippen LogP contribution is 2.17. The van der Waals surface area contributed by atoms with Gasteiger partial charge in [0.2, 0.25) is 0 Å². The van der Waals surface area contributed by atoms with Gasteiger partial charge in [-0.15, -0.1) is 0 Å². The van der Waals surface area contributed by atoms with Gasteiger partial charge < -0.3 is 9.55 Å². The van der Waals surface area contributed by atoms with Crippen LogP contribution in [-0.4, -0.2) is 25.4 Å². The topological polar surface area (TPSA) is 55.6 Å². The third-order valence-electron chi connectivity index (χ3n) is 3.34. The number of aromatic amines is 1. The summed E-state index contributed by atoms with van der Waals surface area (Å²) in [7, 11) is 1.84. The van der Waals surface area contributed by atoms with E-state index in [-0.39, 0.29) is 5.56 Å². The minimum atomic E-state index is -0.118. The van der Waals surface area contributed by atoms with E-state index < -0.39 is 0 Å². The Labute approximate surface area is 130 Å². The zero-order chi connectivity index (χ0) is 15.0. The van der Waals surface area contributed by atoms with Gasteiger partial charge in [-0.1, -0.05) is 42.1 Å². The molecular weight excluding hydrogens is 304 g/mol. The van der Waals surface area contributed by atoms with Gasteiger partial charge in [-0.05, 0) is 24.0 Å². The summed E-state index contributed by atoms with van der Waals surface area (Å²) >= 11 is 6.80. The molecule has 0 fully saturated rings. The normalized spacial score (nSPS) is 11.1. The molecule has 5 nitrogen and oxygen atoms in total. The molecule has 21 heavy (non-hydrogen) atoms. The van der Waals surface area contributed by atoms with Crippen molar-refractivity contribution in [3.05, 3.63) is 51.0 Å². The summed E-state index contributed by atoms with van der Waals surface area (Å²) in [6.45, 7) is 0.449. The van der Waals surface area contributed by atoms with Crippen molar-refractivity contribution in [1.29, 1.82) is 0 Å². The maximum absolute atomic E-state index is 12.7. The summed E-state index contributed by atoms with van der Waals surface area (Å²) in [5, 5.41) is 0.783. The van der Waals surface area contributed by atoms with E-state index in [1.54, 1.807) is 9.13 Å². The minimum Gasteiger partial charge on any atom is -0.316 e. The number of aromatic nitrogens is 4. The lowest BCUT2D eigenvalue weighted by Crippen LogP contribution is -2.24. The highest BCUT2D eigenvalue weighted by Gasteiger charge is 2.14. The SMILES string of the molecule is CSc1nc2[nH]c(=S)n(Cc3ccccc3)c(=O)c2n1C. The lowest BCUT2D eigenvalue weighted by atomic mass is 10.2. The summed E-state index contributed by atoms with van der Waals surface area (Å²) in [5.41, 5.74) is 2.00. The first-order valence-electron chi connectivity index (χ1n) is 6.39. The molecule has 0 aliphatic rings. The van der Waals surface area contributed by atoms with E-state index in [2.05, 4.69) is 9.97 Å². The van der Waals surface area contributed by atoms with Gasteiger partial charge in [0.1, 0.15) is 0 Å². The quantitative estimate of drug-likeness (QED) is 0.596. The van der Waals surface area contributed by atoms with Crippen molar-refractivity contribution in [2.45, 2.75) is 11.7 Å². The molecule has 108 valence electrons. The van der Waals surface area contributed by atoms with Gasteiger partial charge in [0, 0.05) is 7.05 Å². The number of H-pyrrole nitrogens is 1. The molecule has 0 amide bonds. The van der Waals surface area contributed by atoms with Gasteiger partial charge >= 0.3 is 0 Å². The van der Waals surface area contributed by atoms with Crippen molar-refractivity contribution in [1.82, 2.24) is 19.1 Å². The second kappa shape index (κ2) is 5.50. The number of aryl methyl sites for hydroxylation is 1. The molecule has 3 rings (SSSR count). The summed E-state index contributed by atoms with van der Waals surface area (Å²) < 4.78 is 3.76. The monoisotopic (exact) mass is 318 g/mol. The molecule has 0 saturated heterocycles. The van der Waals surface area contributed by atoms with Crippen LogP contribution < -0.4 is 5.56 Å².